The standard InChI is InChI=1S/C15H13Cl2N3/c16-13-4-3-10(6-14(13)17)8-20-9-11(7-18)12-2-1-5-19-15(12)20/h1-6,9H,7-8,18H2. The number of nitrogens with zero attached hydrogens (tertiary/aromatic N) is 2. The fourth-order valence-electron chi connectivity index (χ4n) is 2.31. The fraction of sp³-hybridized carbons (Fsp3) is 0.133. The van der Waals surface area contributed by atoms with Crippen molar-refractivity contribution in [3.8, 4) is 0 Å². The number of halogens is 2. The zero-order valence-electron chi connectivity index (χ0n) is 10.7. The molecule has 20 heavy (non-hydrogen) atoms. The van der Waals surface area contributed by atoms with Gasteiger partial charge in [-0.25, -0.2) is 4.98 Å². The number of nitrogens with two attached hydrogens (primary N) is 1. The van der Waals surface area contributed by atoms with Crippen molar-refractivity contribution >= 4 is 34.2 Å². The van der Waals surface area contributed by atoms with Crippen LogP contribution in [0.3, 0.4) is 0 Å². The maximum Gasteiger partial charge on any atom is 0.140 e. The second-order valence-corrected chi connectivity index (χ2v) is 5.42. The van der Waals surface area contributed by atoms with E-state index in [1.54, 1.807) is 6.20 Å². The van der Waals surface area contributed by atoms with Gasteiger partial charge in [-0.05, 0) is 35.4 Å². The molecule has 0 aliphatic heterocycles. The van der Waals surface area contributed by atoms with Gasteiger partial charge in [0.05, 0.1) is 10.0 Å². The van der Waals surface area contributed by atoms with Crippen LogP contribution in [0.4, 0.5) is 0 Å². The molecule has 0 fully saturated rings. The minimum Gasteiger partial charge on any atom is -0.328 e. The van der Waals surface area contributed by atoms with Crippen LogP contribution in [0.1, 0.15) is 11.1 Å². The largest absolute Gasteiger partial charge is 0.328 e. The Labute approximate surface area is 126 Å². The van der Waals surface area contributed by atoms with Gasteiger partial charge in [-0.2, -0.15) is 0 Å². The maximum atomic E-state index is 6.05. The molecule has 0 aliphatic carbocycles. The number of rotatable bonds is 3. The fourth-order valence-corrected chi connectivity index (χ4v) is 2.63. The smallest absolute Gasteiger partial charge is 0.140 e. The molecule has 102 valence electrons. The van der Waals surface area contributed by atoms with Crippen LogP contribution in [0, 0.1) is 0 Å². The van der Waals surface area contributed by atoms with Gasteiger partial charge in [0.2, 0.25) is 0 Å². The summed E-state index contributed by atoms with van der Waals surface area (Å²) in [6, 6.07) is 9.61. The summed E-state index contributed by atoms with van der Waals surface area (Å²) in [6.07, 6.45) is 3.83. The predicted octanol–water partition coefficient (Wildman–Crippen LogP) is 3.85. The van der Waals surface area contributed by atoms with E-state index < -0.39 is 0 Å². The summed E-state index contributed by atoms with van der Waals surface area (Å²) in [5.41, 5.74) is 8.88. The number of fused-ring (bicyclic) bond motifs is 1. The normalized spacial score (nSPS) is 11.2. The zero-order chi connectivity index (χ0) is 14.1. The van der Waals surface area contributed by atoms with Gasteiger partial charge in [-0.15, -0.1) is 0 Å². The molecular weight excluding hydrogens is 293 g/mol. The SMILES string of the molecule is NCc1cn(Cc2ccc(Cl)c(Cl)c2)c2ncccc12. The van der Waals surface area contributed by atoms with Gasteiger partial charge in [-0.3, -0.25) is 0 Å². The molecule has 5 heteroatoms. The van der Waals surface area contributed by atoms with E-state index in [2.05, 4.69) is 9.55 Å². The van der Waals surface area contributed by atoms with Gasteiger partial charge in [0.25, 0.3) is 0 Å². The minimum atomic E-state index is 0.497. The maximum absolute atomic E-state index is 6.05. The van der Waals surface area contributed by atoms with Gasteiger partial charge in [0.1, 0.15) is 5.65 Å². The number of hydrogen-bond acceptors (Lipinski definition) is 2. The number of pyridine rings is 1. The van der Waals surface area contributed by atoms with E-state index in [0.717, 1.165) is 22.2 Å². The highest BCUT2D eigenvalue weighted by molar-refractivity contribution is 6.42. The second-order valence-electron chi connectivity index (χ2n) is 4.61. The lowest BCUT2D eigenvalue weighted by molar-refractivity contribution is 0.819. The van der Waals surface area contributed by atoms with E-state index in [9.17, 15) is 0 Å². The van der Waals surface area contributed by atoms with Gasteiger partial charge < -0.3 is 10.3 Å². The van der Waals surface area contributed by atoms with Crippen molar-refractivity contribution in [2.75, 3.05) is 0 Å². The molecule has 2 N–H and O–H groups in total. The zero-order valence-corrected chi connectivity index (χ0v) is 12.2. The van der Waals surface area contributed by atoms with Crippen molar-refractivity contribution in [1.82, 2.24) is 9.55 Å². The third-order valence-corrected chi connectivity index (χ3v) is 4.01. The van der Waals surface area contributed by atoms with Gasteiger partial charge >= 0.3 is 0 Å². The molecule has 0 unspecified atom stereocenters. The highest BCUT2D eigenvalue weighted by Crippen LogP contribution is 2.25. The van der Waals surface area contributed by atoms with Crippen LogP contribution in [-0.2, 0) is 13.1 Å². The van der Waals surface area contributed by atoms with Crippen LogP contribution in [-0.4, -0.2) is 9.55 Å². The molecule has 0 atom stereocenters. The molecule has 0 radical (unpaired) electrons. The molecule has 3 nitrogen and oxygen atoms in total. The van der Waals surface area contributed by atoms with E-state index in [0.29, 0.717) is 23.1 Å². The van der Waals surface area contributed by atoms with E-state index in [-0.39, 0.29) is 0 Å². The lowest BCUT2D eigenvalue weighted by Gasteiger charge is -2.06. The Kier molecular flexibility index (Phi) is 3.66. The third-order valence-electron chi connectivity index (χ3n) is 3.27. The first-order valence-electron chi connectivity index (χ1n) is 6.26. The summed E-state index contributed by atoms with van der Waals surface area (Å²) in [5, 5.41) is 2.22. The first-order chi connectivity index (χ1) is 9.69. The molecule has 3 aromatic rings. The molecule has 3 rings (SSSR count). The third kappa shape index (κ3) is 2.40. The van der Waals surface area contributed by atoms with Crippen molar-refractivity contribution < 1.29 is 0 Å². The monoisotopic (exact) mass is 305 g/mol. The highest BCUT2D eigenvalue weighted by atomic mass is 35.5. The van der Waals surface area contributed by atoms with Crippen molar-refractivity contribution in [2.24, 2.45) is 5.73 Å². The quantitative estimate of drug-likeness (QED) is 0.798. The summed E-state index contributed by atoms with van der Waals surface area (Å²) < 4.78 is 2.08. The van der Waals surface area contributed by atoms with Crippen molar-refractivity contribution in [2.45, 2.75) is 13.1 Å². The first-order valence-corrected chi connectivity index (χ1v) is 7.01. The Hall–Kier alpha value is -1.55. The lowest BCUT2D eigenvalue weighted by atomic mass is 10.2. The summed E-state index contributed by atoms with van der Waals surface area (Å²) in [6.45, 7) is 1.18. The summed E-state index contributed by atoms with van der Waals surface area (Å²) >= 11 is 12.0. The molecular formula is C15H13Cl2N3. The van der Waals surface area contributed by atoms with Crippen molar-refractivity contribution in [1.29, 1.82) is 0 Å². The minimum absolute atomic E-state index is 0.497. The van der Waals surface area contributed by atoms with Gasteiger partial charge in [0.15, 0.2) is 0 Å². The second kappa shape index (κ2) is 5.44. The van der Waals surface area contributed by atoms with Crippen molar-refractivity contribution in [3.63, 3.8) is 0 Å². The molecule has 2 heterocycles. The van der Waals surface area contributed by atoms with E-state index in [4.69, 9.17) is 28.9 Å². The summed E-state index contributed by atoms with van der Waals surface area (Å²) in [5.74, 6) is 0. The predicted molar refractivity (Wildman–Crippen MR) is 83.2 cm³/mol. The van der Waals surface area contributed by atoms with Crippen molar-refractivity contribution in [3.05, 3.63) is 63.9 Å². The Morgan fingerprint density at radius 1 is 1.15 bits per heavy atom. The van der Waals surface area contributed by atoms with Crippen LogP contribution in [0.5, 0.6) is 0 Å². The van der Waals surface area contributed by atoms with Crippen LogP contribution >= 0.6 is 23.2 Å². The molecule has 0 spiro atoms. The molecule has 2 aromatic heterocycles. The Balaban J connectivity index is 2.04. The highest BCUT2D eigenvalue weighted by Gasteiger charge is 2.09. The topological polar surface area (TPSA) is 43.8 Å². The number of hydrogen-bond donors (Lipinski definition) is 1. The number of benzene rings is 1. The van der Waals surface area contributed by atoms with Crippen LogP contribution < -0.4 is 5.73 Å². The Bertz CT molecular complexity index is 765. The Morgan fingerprint density at radius 2 is 2.00 bits per heavy atom. The first kappa shape index (κ1) is 13.4. The molecule has 0 saturated heterocycles. The molecule has 0 saturated carbocycles. The van der Waals surface area contributed by atoms with Gasteiger partial charge in [0, 0.05) is 30.9 Å². The summed E-state index contributed by atoms with van der Waals surface area (Å²) in [4.78, 5) is 4.43. The molecule has 0 amide bonds. The summed E-state index contributed by atoms with van der Waals surface area (Å²) in [7, 11) is 0. The van der Waals surface area contributed by atoms with E-state index in [1.165, 1.54) is 0 Å². The van der Waals surface area contributed by atoms with E-state index in [1.807, 2.05) is 36.5 Å². The molecule has 0 aliphatic rings. The Morgan fingerprint density at radius 3 is 2.75 bits per heavy atom. The average Bonchev–Trinajstić information content (AvgIpc) is 2.81. The van der Waals surface area contributed by atoms with Crippen LogP contribution in [0.25, 0.3) is 11.0 Å². The molecule has 1 aromatic carbocycles. The van der Waals surface area contributed by atoms with Crippen LogP contribution in [0.2, 0.25) is 10.0 Å². The molecule has 0 bridgehead atoms. The average molecular weight is 306 g/mol. The number of aromatic nitrogens is 2. The van der Waals surface area contributed by atoms with Crippen LogP contribution in [0.15, 0.2) is 42.7 Å². The lowest BCUT2D eigenvalue weighted by Crippen LogP contribution is -1.99. The van der Waals surface area contributed by atoms with E-state index >= 15 is 0 Å². The van der Waals surface area contributed by atoms with Gasteiger partial charge in [-0.1, -0.05) is 29.3 Å².